The van der Waals surface area contributed by atoms with Crippen molar-refractivity contribution in [1.29, 1.82) is 0 Å². The number of amides is 1. The highest BCUT2D eigenvalue weighted by molar-refractivity contribution is 5.94. The van der Waals surface area contributed by atoms with Crippen LogP contribution in [0.1, 0.15) is 44.9 Å². The summed E-state index contributed by atoms with van der Waals surface area (Å²) < 4.78 is 45.4. The molecule has 0 radical (unpaired) electrons. The first-order valence-corrected chi connectivity index (χ1v) is 10.3. The molecule has 32 heavy (non-hydrogen) atoms. The second-order valence-electron chi connectivity index (χ2n) is 7.76. The van der Waals surface area contributed by atoms with Gasteiger partial charge in [0.25, 0.3) is 5.91 Å². The van der Waals surface area contributed by atoms with Crippen LogP contribution in [-0.4, -0.2) is 22.2 Å². The van der Waals surface area contributed by atoms with Gasteiger partial charge in [0.1, 0.15) is 12.4 Å². The van der Waals surface area contributed by atoms with Crippen molar-refractivity contribution in [2.24, 2.45) is 0 Å². The van der Waals surface area contributed by atoms with Crippen LogP contribution in [0.15, 0.2) is 48.5 Å². The molecule has 0 unspecified atom stereocenters. The molecule has 3 aromatic rings. The Labute approximate surface area is 185 Å². The van der Waals surface area contributed by atoms with E-state index in [1.807, 2.05) is 38.1 Å². The molecule has 0 aliphatic carbocycles. The van der Waals surface area contributed by atoms with Gasteiger partial charge < -0.3 is 10.1 Å². The van der Waals surface area contributed by atoms with Crippen molar-refractivity contribution in [3.05, 3.63) is 82.2 Å². The molecule has 0 aliphatic rings. The number of nitrogens with zero attached hydrogens (tertiary/aromatic N) is 2. The van der Waals surface area contributed by atoms with Gasteiger partial charge in [-0.2, -0.15) is 18.3 Å². The lowest BCUT2D eigenvalue weighted by Gasteiger charge is -2.11. The standard InChI is InChI=1S/C24H26F3N3O2/c1-16-8-9-21(17(2)12-16)32-15-19-6-4-7-20(14-19)23(31)28-10-5-11-30-18(3)13-22(29-30)24(25,26)27/h4,6-9,12-14H,5,10-11,15H2,1-3H3,(H,28,31). The van der Waals surface area contributed by atoms with Gasteiger partial charge in [0.05, 0.1) is 0 Å². The Morgan fingerprint density at radius 3 is 2.56 bits per heavy atom. The zero-order chi connectivity index (χ0) is 23.3. The van der Waals surface area contributed by atoms with Crippen molar-refractivity contribution in [1.82, 2.24) is 15.1 Å². The predicted molar refractivity (Wildman–Crippen MR) is 116 cm³/mol. The minimum atomic E-state index is -4.46. The van der Waals surface area contributed by atoms with Crippen LogP contribution in [0.2, 0.25) is 0 Å². The molecule has 2 aromatic carbocycles. The maximum absolute atomic E-state index is 12.7. The minimum Gasteiger partial charge on any atom is -0.489 e. The number of alkyl halides is 3. The van der Waals surface area contributed by atoms with Crippen molar-refractivity contribution in [2.75, 3.05) is 6.54 Å². The number of carbonyl (C=O) groups is 1. The minimum absolute atomic E-state index is 0.244. The van der Waals surface area contributed by atoms with E-state index in [-0.39, 0.29) is 12.5 Å². The molecule has 0 atom stereocenters. The van der Waals surface area contributed by atoms with Gasteiger partial charge >= 0.3 is 6.18 Å². The van der Waals surface area contributed by atoms with Crippen LogP contribution in [-0.2, 0) is 19.3 Å². The summed E-state index contributed by atoms with van der Waals surface area (Å²) in [7, 11) is 0. The van der Waals surface area contributed by atoms with E-state index in [1.54, 1.807) is 25.1 Å². The van der Waals surface area contributed by atoms with Gasteiger partial charge in [-0.1, -0.05) is 29.8 Å². The summed E-state index contributed by atoms with van der Waals surface area (Å²) in [5.41, 5.74) is 3.11. The summed E-state index contributed by atoms with van der Waals surface area (Å²) in [4.78, 5) is 12.5. The molecule has 1 amide bonds. The Balaban J connectivity index is 1.50. The number of aromatic nitrogens is 2. The quantitative estimate of drug-likeness (QED) is 0.484. The van der Waals surface area contributed by atoms with E-state index >= 15 is 0 Å². The molecule has 1 N–H and O–H groups in total. The normalized spacial score (nSPS) is 11.4. The lowest BCUT2D eigenvalue weighted by molar-refractivity contribution is -0.141. The molecule has 170 valence electrons. The topological polar surface area (TPSA) is 56.1 Å². The summed E-state index contributed by atoms with van der Waals surface area (Å²) in [6.07, 6.45) is -4.00. The highest BCUT2D eigenvalue weighted by atomic mass is 19.4. The number of rotatable bonds is 8. The van der Waals surface area contributed by atoms with Gasteiger partial charge in [0, 0.05) is 24.3 Å². The largest absolute Gasteiger partial charge is 0.489 e. The van der Waals surface area contributed by atoms with Crippen LogP contribution < -0.4 is 10.1 Å². The van der Waals surface area contributed by atoms with Gasteiger partial charge in [-0.3, -0.25) is 9.48 Å². The number of hydrogen-bond donors (Lipinski definition) is 1. The van der Waals surface area contributed by atoms with E-state index in [0.717, 1.165) is 28.5 Å². The van der Waals surface area contributed by atoms with E-state index in [2.05, 4.69) is 10.4 Å². The van der Waals surface area contributed by atoms with Crippen LogP contribution in [0.25, 0.3) is 0 Å². The van der Waals surface area contributed by atoms with Gasteiger partial charge in [-0.25, -0.2) is 0 Å². The Morgan fingerprint density at radius 1 is 1.09 bits per heavy atom. The third-order valence-corrected chi connectivity index (χ3v) is 5.02. The Bertz CT molecular complexity index is 1090. The highest BCUT2D eigenvalue weighted by Crippen LogP contribution is 2.28. The maximum Gasteiger partial charge on any atom is 0.435 e. The van der Waals surface area contributed by atoms with Gasteiger partial charge in [-0.05, 0) is 62.6 Å². The first-order valence-electron chi connectivity index (χ1n) is 10.3. The zero-order valence-corrected chi connectivity index (χ0v) is 18.3. The summed E-state index contributed by atoms with van der Waals surface area (Å²) in [5.74, 6) is 0.555. The van der Waals surface area contributed by atoms with E-state index in [4.69, 9.17) is 4.74 Å². The van der Waals surface area contributed by atoms with Gasteiger partial charge in [0.2, 0.25) is 0 Å². The smallest absolute Gasteiger partial charge is 0.435 e. The Kier molecular flexibility index (Phi) is 7.22. The predicted octanol–water partition coefficient (Wildman–Crippen LogP) is 5.23. The molecular formula is C24H26F3N3O2. The zero-order valence-electron chi connectivity index (χ0n) is 18.3. The molecule has 0 bridgehead atoms. The monoisotopic (exact) mass is 445 g/mol. The first-order chi connectivity index (χ1) is 15.1. The third-order valence-electron chi connectivity index (χ3n) is 5.02. The molecule has 0 aliphatic heterocycles. The summed E-state index contributed by atoms with van der Waals surface area (Å²) >= 11 is 0. The number of halogens is 3. The molecule has 0 fully saturated rings. The molecule has 0 saturated carbocycles. The van der Waals surface area contributed by atoms with Crippen LogP contribution in [0.4, 0.5) is 13.2 Å². The van der Waals surface area contributed by atoms with E-state index in [1.165, 1.54) is 4.68 Å². The number of carbonyl (C=O) groups excluding carboxylic acids is 1. The fraction of sp³-hybridized carbons (Fsp3) is 0.333. The molecule has 0 saturated heterocycles. The number of ether oxygens (including phenoxy) is 1. The molecule has 1 aromatic heterocycles. The van der Waals surface area contributed by atoms with Crippen LogP contribution in [0, 0.1) is 20.8 Å². The fourth-order valence-electron chi connectivity index (χ4n) is 3.33. The Morgan fingerprint density at radius 2 is 1.88 bits per heavy atom. The molecule has 5 nitrogen and oxygen atoms in total. The molecule has 1 heterocycles. The second-order valence-corrected chi connectivity index (χ2v) is 7.76. The number of nitrogens with one attached hydrogen (secondary N) is 1. The SMILES string of the molecule is Cc1ccc(OCc2cccc(C(=O)NCCCn3nc(C(F)(F)F)cc3C)c2)c(C)c1. The van der Waals surface area contributed by atoms with E-state index in [9.17, 15) is 18.0 Å². The van der Waals surface area contributed by atoms with Crippen molar-refractivity contribution in [2.45, 2.75) is 46.5 Å². The number of aryl methyl sites for hydroxylation is 4. The summed E-state index contributed by atoms with van der Waals surface area (Å²) in [5, 5.41) is 6.39. The maximum atomic E-state index is 12.7. The van der Waals surface area contributed by atoms with Crippen LogP contribution in [0.3, 0.4) is 0 Å². The van der Waals surface area contributed by atoms with Gasteiger partial charge in [-0.15, -0.1) is 0 Å². The average molecular weight is 445 g/mol. The molecular weight excluding hydrogens is 419 g/mol. The summed E-state index contributed by atoms with van der Waals surface area (Å²) in [6, 6.07) is 14.1. The van der Waals surface area contributed by atoms with Crippen LogP contribution in [0.5, 0.6) is 5.75 Å². The fourth-order valence-corrected chi connectivity index (χ4v) is 3.33. The first kappa shape index (κ1) is 23.4. The molecule has 8 heteroatoms. The average Bonchev–Trinajstić information content (AvgIpc) is 3.12. The van der Waals surface area contributed by atoms with E-state index in [0.29, 0.717) is 30.8 Å². The van der Waals surface area contributed by atoms with Crippen molar-refractivity contribution < 1.29 is 22.7 Å². The summed E-state index contributed by atoms with van der Waals surface area (Å²) in [6.45, 7) is 6.53. The van der Waals surface area contributed by atoms with Gasteiger partial charge in [0.15, 0.2) is 5.69 Å². The number of hydrogen-bond acceptors (Lipinski definition) is 3. The van der Waals surface area contributed by atoms with Crippen LogP contribution >= 0.6 is 0 Å². The molecule has 0 spiro atoms. The van der Waals surface area contributed by atoms with E-state index < -0.39 is 11.9 Å². The third kappa shape index (κ3) is 6.12. The van der Waals surface area contributed by atoms with Crippen molar-refractivity contribution in [3.8, 4) is 5.75 Å². The van der Waals surface area contributed by atoms with Crippen molar-refractivity contribution >= 4 is 5.91 Å². The Hall–Kier alpha value is -3.29. The lowest BCUT2D eigenvalue weighted by atomic mass is 10.1. The highest BCUT2D eigenvalue weighted by Gasteiger charge is 2.34. The molecule has 3 rings (SSSR count). The second kappa shape index (κ2) is 9.89. The number of benzene rings is 2. The lowest BCUT2D eigenvalue weighted by Crippen LogP contribution is -2.25. The van der Waals surface area contributed by atoms with Crippen molar-refractivity contribution in [3.63, 3.8) is 0 Å².